The van der Waals surface area contributed by atoms with Crippen LogP contribution in [0.2, 0.25) is 0 Å². The van der Waals surface area contributed by atoms with Gasteiger partial charge in [0, 0.05) is 36.0 Å². The number of aromatic amines is 1. The molecule has 8 nitrogen and oxygen atoms in total. The van der Waals surface area contributed by atoms with Crippen molar-refractivity contribution in [2.75, 3.05) is 31.2 Å². The van der Waals surface area contributed by atoms with Gasteiger partial charge in [-0.2, -0.15) is 13.2 Å². The number of carbonyl (C=O) groups is 1. The molecule has 182 valence electrons. The number of rotatable bonds is 4. The van der Waals surface area contributed by atoms with Crippen molar-refractivity contribution in [1.29, 1.82) is 0 Å². The van der Waals surface area contributed by atoms with Gasteiger partial charge < -0.3 is 20.9 Å². The van der Waals surface area contributed by atoms with E-state index in [0.29, 0.717) is 17.9 Å². The Morgan fingerprint density at radius 2 is 2.03 bits per heavy atom. The molecular weight excluding hydrogens is 459 g/mol. The Labute approximate surface area is 199 Å². The van der Waals surface area contributed by atoms with E-state index in [0.717, 1.165) is 19.0 Å². The molecule has 11 heteroatoms. The van der Waals surface area contributed by atoms with E-state index in [1.165, 1.54) is 30.9 Å². The number of carbonyl (C=O) groups excluding carboxylic acids is 1. The maximum atomic E-state index is 14.1. The number of nitrogen functional groups attached to an aromatic ring is 1. The Hall–Kier alpha value is -3.99. The molecule has 0 aliphatic carbocycles. The predicted octanol–water partition coefficient (Wildman–Crippen LogP) is 4.26. The lowest BCUT2D eigenvalue weighted by molar-refractivity contribution is -0.137. The number of anilines is 2. The van der Waals surface area contributed by atoms with Crippen LogP contribution in [0.5, 0.6) is 0 Å². The number of nitrogens with zero attached hydrogens (tertiary/aromatic N) is 4. The van der Waals surface area contributed by atoms with Gasteiger partial charge in [0.25, 0.3) is 5.91 Å². The first-order valence-electron chi connectivity index (χ1n) is 10.9. The highest BCUT2D eigenvalue weighted by Gasteiger charge is 2.35. The number of nitrogens with one attached hydrogen (secondary N) is 2. The lowest BCUT2D eigenvalue weighted by Gasteiger charge is -2.15. The molecule has 3 heterocycles. The van der Waals surface area contributed by atoms with Crippen molar-refractivity contribution in [2.45, 2.75) is 18.5 Å². The first-order chi connectivity index (χ1) is 16.7. The van der Waals surface area contributed by atoms with E-state index in [1.54, 1.807) is 24.3 Å². The molecule has 0 bridgehead atoms. The number of H-pyrrole nitrogens is 1. The minimum Gasteiger partial charge on any atom is -0.397 e. The van der Waals surface area contributed by atoms with E-state index >= 15 is 0 Å². The summed E-state index contributed by atoms with van der Waals surface area (Å²) in [5.41, 5.74) is 5.65. The van der Waals surface area contributed by atoms with E-state index in [-0.39, 0.29) is 28.7 Å². The molecule has 35 heavy (non-hydrogen) atoms. The smallest absolute Gasteiger partial charge is 0.397 e. The first-order valence-corrected chi connectivity index (χ1v) is 10.9. The Bertz CT molecular complexity index is 1260. The highest BCUT2D eigenvalue weighted by atomic mass is 19.4. The number of hydrogen-bond acceptors (Lipinski definition) is 6. The summed E-state index contributed by atoms with van der Waals surface area (Å²) in [4.78, 5) is 30.0. The third-order valence-corrected chi connectivity index (χ3v) is 5.67. The first kappa shape index (κ1) is 24.1. The number of amides is 1. The number of pyridine rings is 1. The largest absolute Gasteiger partial charge is 0.417 e. The van der Waals surface area contributed by atoms with Crippen molar-refractivity contribution < 1.29 is 18.0 Å². The molecular formula is C24H24F3N7O. The van der Waals surface area contributed by atoms with Crippen LogP contribution in [0, 0.1) is 0 Å². The number of hydrogen-bond donors (Lipinski definition) is 3. The number of halogens is 3. The predicted molar refractivity (Wildman–Crippen MR) is 126 cm³/mol. The molecule has 1 aliphatic rings. The van der Waals surface area contributed by atoms with Crippen molar-refractivity contribution in [3.05, 3.63) is 78.0 Å². The van der Waals surface area contributed by atoms with E-state index < -0.39 is 17.6 Å². The fourth-order valence-corrected chi connectivity index (χ4v) is 3.94. The second-order valence-electron chi connectivity index (χ2n) is 8.21. The molecule has 0 radical (unpaired) electrons. The number of nitrogens with two attached hydrogens (primary N) is 1. The third kappa shape index (κ3) is 5.75. The topological polar surface area (TPSA) is 113 Å². The number of benzene rings is 1. The zero-order valence-corrected chi connectivity index (χ0v) is 18.9. The highest BCUT2D eigenvalue weighted by molar-refractivity contribution is 6.04. The quantitative estimate of drug-likeness (QED) is 0.511. The fourth-order valence-electron chi connectivity index (χ4n) is 3.94. The monoisotopic (exact) mass is 483 g/mol. The Morgan fingerprint density at radius 3 is 2.71 bits per heavy atom. The van der Waals surface area contributed by atoms with E-state index in [9.17, 15) is 18.0 Å². The van der Waals surface area contributed by atoms with E-state index in [1.807, 2.05) is 7.05 Å². The lowest BCUT2D eigenvalue weighted by Crippen LogP contribution is -2.16. The van der Waals surface area contributed by atoms with Crippen LogP contribution in [0.4, 0.5) is 24.7 Å². The zero-order chi connectivity index (χ0) is 25.0. The van der Waals surface area contributed by atoms with Crippen LogP contribution in [0.15, 0.2) is 61.2 Å². The van der Waals surface area contributed by atoms with Crippen LogP contribution in [-0.4, -0.2) is 50.9 Å². The minimum absolute atomic E-state index is 0.0442. The number of likely N-dealkylation sites (tertiary alicyclic amines) is 1. The molecule has 1 aromatic carbocycles. The summed E-state index contributed by atoms with van der Waals surface area (Å²) >= 11 is 0. The molecule has 1 fully saturated rings. The molecule has 1 unspecified atom stereocenters. The molecule has 1 atom stereocenters. The van der Waals surface area contributed by atoms with Gasteiger partial charge >= 0.3 is 6.18 Å². The van der Waals surface area contributed by atoms with Gasteiger partial charge in [-0.05, 0) is 56.4 Å². The van der Waals surface area contributed by atoms with Crippen molar-refractivity contribution in [2.24, 2.45) is 0 Å². The van der Waals surface area contributed by atoms with Crippen LogP contribution in [0.3, 0.4) is 0 Å². The van der Waals surface area contributed by atoms with Gasteiger partial charge in [-0.25, -0.2) is 15.0 Å². The molecule has 4 rings (SSSR count). The minimum atomic E-state index is -4.75. The average Bonchev–Trinajstić information content (AvgIpc) is 3.28. The van der Waals surface area contributed by atoms with Crippen LogP contribution in [0.25, 0.3) is 11.4 Å². The summed E-state index contributed by atoms with van der Waals surface area (Å²) in [6.07, 6.45) is 0.188. The second kappa shape index (κ2) is 10.1. The molecule has 4 N–H and O–H groups in total. The van der Waals surface area contributed by atoms with Crippen LogP contribution in [-0.2, 0) is 6.18 Å². The average molecular weight is 483 g/mol. The number of aromatic nitrogens is 4. The summed E-state index contributed by atoms with van der Waals surface area (Å²) in [7, 11) is 1.96. The molecule has 2 aromatic heterocycles. The van der Waals surface area contributed by atoms with Gasteiger partial charge in [-0.3, -0.25) is 4.79 Å². The molecule has 0 saturated carbocycles. The molecule has 1 amide bonds. The molecule has 1 aliphatic heterocycles. The van der Waals surface area contributed by atoms with Gasteiger partial charge in [0.2, 0.25) is 0 Å². The van der Waals surface area contributed by atoms with Gasteiger partial charge in [0.05, 0.1) is 23.3 Å². The summed E-state index contributed by atoms with van der Waals surface area (Å²) in [5, 5.41) is 2.50. The Balaban J connectivity index is 1.81. The van der Waals surface area contributed by atoms with Crippen molar-refractivity contribution >= 4 is 17.4 Å². The summed E-state index contributed by atoms with van der Waals surface area (Å²) in [6, 6.07) is 9.77. The number of alkyl halides is 3. The Kier molecular flexibility index (Phi) is 6.97. The SMILES string of the molecule is CN1CCC(c2nc(-c3ccc(C(=O)Nc4ccccn4)cc3C(F)(F)F)[nH]cnccc2N)C1. The fraction of sp³-hybridized carbons (Fsp3) is 0.250. The maximum Gasteiger partial charge on any atom is 0.417 e. The zero-order valence-electron chi connectivity index (χ0n) is 18.9. The second-order valence-corrected chi connectivity index (χ2v) is 8.21. The molecule has 3 aromatic rings. The summed E-state index contributed by atoms with van der Waals surface area (Å²) < 4.78 is 42.4. The van der Waals surface area contributed by atoms with Gasteiger partial charge in [-0.1, -0.05) is 6.07 Å². The maximum absolute atomic E-state index is 14.1. The highest BCUT2D eigenvalue weighted by Crippen LogP contribution is 2.37. The van der Waals surface area contributed by atoms with Crippen LogP contribution in [0.1, 0.15) is 34.0 Å². The normalized spacial score (nSPS) is 16.1. The van der Waals surface area contributed by atoms with Crippen molar-refractivity contribution in [3.63, 3.8) is 0 Å². The van der Waals surface area contributed by atoms with Gasteiger partial charge in [-0.15, -0.1) is 0 Å². The van der Waals surface area contributed by atoms with Crippen LogP contribution < -0.4 is 11.1 Å². The van der Waals surface area contributed by atoms with Gasteiger partial charge in [0.1, 0.15) is 11.6 Å². The van der Waals surface area contributed by atoms with E-state index in [4.69, 9.17) is 5.73 Å². The van der Waals surface area contributed by atoms with Gasteiger partial charge in [0.15, 0.2) is 0 Å². The van der Waals surface area contributed by atoms with E-state index in [2.05, 4.69) is 30.2 Å². The van der Waals surface area contributed by atoms with Crippen molar-refractivity contribution in [1.82, 2.24) is 24.8 Å². The van der Waals surface area contributed by atoms with Crippen molar-refractivity contribution in [3.8, 4) is 11.4 Å². The van der Waals surface area contributed by atoms with Crippen LogP contribution >= 0.6 is 0 Å². The molecule has 1 saturated heterocycles. The lowest BCUT2D eigenvalue weighted by atomic mass is 10.0. The third-order valence-electron chi connectivity index (χ3n) is 5.67. The Morgan fingerprint density at radius 1 is 1.20 bits per heavy atom. The summed E-state index contributed by atoms with van der Waals surface area (Å²) in [5.74, 6) is -0.589. The molecule has 0 spiro atoms. The number of likely N-dealkylation sites (N-methyl/N-ethyl adjacent to an activating group) is 1. The standard InChI is InChI=1S/C24H24F3N7O/c1-34-11-8-16(13-34)21-19(28)7-10-29-14-31-22(33-21)17-6-5-15(12-18(17)24(25,26)27)23(35)32-20-4-2-3-9-30-20/h2-7,9-10,12,14,16H,8,11,13,28H2,1H3,(H,29,31,33)(H,30,32,35). The summed E-state index contributed by atoms with van der Waals surface area (Å²) in [6.45, 7) is 1.51.